The lowest BCUT2D eigenvalue weighted by Gasteiger charge is -1.92. The molecule has 2 N–H and O–H groups in total. The quantitative estimate of drug-likeness (QED) is 0.709. The number of hydrogen-bond acceptors (Lipinski definition) is 1. The van der Waals surface area contributed by atoms with Gasteiger partial charge in [0.15, 0.2) is 0 Å². The summed E-state index contributed by atoms with van der Waals surface area (Å²) in [5.74, 6) is -0.575. The van der Waals surface area contributed by atoms with Crippen LogP contribution in [0.25, 0.3) is 10.9 Å². The normalized spacial score (nSPS) is 10.4. The number of fused-ring (bicyclic) bond motifs is 1. The molecule has 3 nitrogen and oxygen atoms in total. The van der Waals surface area contributed by atoms with E-state index in [-0.39, 0.29) is 11.7 Å². The Hall–Kier alpha value is -1.84. The predicted octanol–water partition coefficient (Wildman–Crippen LogP) is 1.67. The van der Waals surface area contributed by atoms with Gasteiger partial charge in [-0.1, -0.05) is 6.07 Å². The number of carbonyl (C=O) groups excluding carboxylic acids is 1. The first-order valence-corrected chi connectivity index (χ1v) is 4.21. The van der Waals surface area contributed by atoms with Crippen molar-refractivity contribution < 1.29 is 9.18 Å². The van der Waals surface area contributed by atoms with Gasteiger partial charge in [-0.25, -0.2) is 4.39 Å². The van der Waals surface area contributed by atoms with Gasteiger partial charge < -0.3 is 10.3 Å². The molecule has 0 aliphatic heterocycles. The molecule has 0 saturated carbocycles. The van der Waals surface area contributed by atoms with Crippen LogP contribution < -0.4 is 5.32 Å². The van der Waals surface area contributed by atoms with Crippen molar-refractivity contribution >= 4 is 16.8 Å². The first-order valence-electron chi connectivity index (χ1n) is 4.21. The number of amides is 1. The molecule has 1 amide bonds. The first kappa shape index (κ1) is 8.74. The fraction of sp³-hybridized carbons (Fsp3) is 0.100. The van der Waals surface area contributed by atoms with E-state index in [1.165, 1.54) is 19.2 Å². The highest BCUT2D eigenvalue weighted by atomic mass is 19.1. The lowest BCUT2D eigenvalue weighted by Crippen LogP contribution is -2.17. The largest absolute Gasteiger partial charge is 0.354 e. The van der Waals surface area contributed by atoms with E-state index in [0.29, 0.717) is 16.6 Å². The summed E-state index contributed by atoms with van der Waals surface area (Å²) in [4.78, 5) is 14.1. The molecule has 0 saturated heterocycles. The third kappa shape index (κ3) is 1.25. The van der Waals surface area contributed by atoms with Crippen LogP contribution in [0, 0.1) is 5.82 Å². The molecule has 0 fully saturated rings. The van der Waals surface area contributed by atoms with Crippen molar-refractivity contribution in [2.75, 3.05) is 7.05 Å². The molecule has 0 atom stereocenters. The molecular formula is C10H9FN2O. The van der Waals surface area contributed by atoms with Crippen molar-refractivity contribution in [3.8, 4) is 0 Å². The number of hydrogen-bond donors (Lipinski definition) is 2. The van der Waals surface area contributed by atoms with Gasteiger partial charge in [-0.3, -0.25) is 4.79 Å². The van der Waals surface area contributed by atoms with Crippen LogP contribution in [0.5, 0.6) is 0 Å². The number of benzene rings is 1. The molecule has 1 aromatic heterocycles. The Balaban J connectivity index is 2.62. The van der Waals surface area contributed by atoms with Crippen molar-refractivity contribution in [2.24, 2.45) is 0 Å². The SMILES string of the molecule is CNC(=O)c1cc2c(F)cccc2[nH]1. The summed E-state index contributed by atoms with van der Waals surface area (Å²) in [6.45, 7) is 0. The Kier molecular flexibility index (Phi) is 1.96. The van der Waals surface area contributed by atoms with Crippen LogP contribution in [-0.4, -0.2) is 17.9 Å². The first-order chi connectivity index (χ1) is 6.72. The topological polar surface area (TPSA) is 44.9 Å². The third-order valence-corrected chi connectivity index (χ3v) is 2.08. The molecule has 4 heteroatoms. The number of carbonyl (C=O) groups is 1. The number of H-pyrrole nitrogens is 1. The molecule has 0 spiro atoms. The van der Waals surface area contributed by atoms with E-state index in [1.807, 2.05) is 0 Å². The molecule has 0 aliphatic carbocycles. The standard InChI is InChI=1S/C10H9FN2O/c1-12-10(14)9-5-6-7(11)3-2-4-8(6)13-9/h2-5,13H,1H3,(H,12,14). The van der Waals surface area contributed by atoms with E-state index in [9.17, 15) is 9.18 Å². The highest BCUT2D eigenvalue weighted by Gasteiger charge is 2.09. The van der Waals surface area contributed by atoms with Crippen molar-refractivity contribution in [1.82, 2.24) is 10.3 Å². The summed E-state index contributed by atoms with van der Waals surface area (Å²) in [6.07, 6.45) is 0. The van der Waals surface area contributed by atoms with Crippen LogP contribution in [0.15, 0.2) is 24.3 Å². The van der Waals surface area contributed by atoms with Crippen molar-refractivity contribution in [3.05, 3.63) is 35.8 Å². The Morgan fingerprint density at radius 1 is 1.50 bits per heavy atom. The van der Waals surface area contributed by atoms with E-state index in [0.717, 1.165) is 0 Å². The number of aromatic amines is 1. The maximum Gasteiger partial charge on any atom is 0.267 e. The van der Waals surface area contributed by atoms with Gasteiger partial charge in [-0.15, -0.1) is 0 Å². The molecule has 0 aliphatic rings. The Morgan fingerprint density at radius 3 is 2.93 bits per heavy atom. The fourth-order valence-corrected chi connectivity index (χ4v) is 1.38. The van der Waals surface area contributed by atoms with Crippen molar-refractivity contribution in [1.29, 1.82) is 0 Å². The van der Waals surface area contributed by atoms with Gasteiger partial charge in [0.25, 0.3) is 5.91 Å². The maximum atomic E-state index is 13.2. The van der Waals surface area contributed by atoms with E-state index < -0.39 is 0 Å². The zero-order chi connectivity index (χ0) is 10.1. The minimum absolute atomic E-state index is 0.249. The average molecular weight is 192 g/mol. The number of halogens is 1. The Morgan fingerprint density at radius 2 is 2.29 bits per heavy atom. The molecule has 1 heterocycles. The smallest absolute Gasteiger partial charge is 0.267 e. The summed E-state index contributed by atoms with van der Waals surface area (Å²) < 4.78 is 13.2. The molecule has 1 aromatic carbocycles. The van der Waals surface area contributed by atoms with Gasteiger partial charge in [-0.05, 0) is 18.2 Å². The molecule has 0 radical (unpaired) electrons. The fourth-order valence-electron chi connectivity index (χ4n) is 1.38. The highest BCUT2D eigenvalue weighted by Crippen LogP contribution is 2.18. The van der Waals surface area contributed by atoms with Crippen molar-refractivity contribution in [2.45, 2.75) is 0 Å². The lowest BCUT2D eigenvalue weighted by molar-refractivity contribution is 0.0959. The van der Waals surface area contributed by atoms with E-state index in [2.05, 4.69) is 10.3 Å². The van der Waals surface area contributed by atoms with Gasteiger partial charge in [-0.2, -0.15) is 0 Å². The van der Waals surface area contributed by atoms with E-state index >= 15 is 0 Å². The van der Waals surface area contributed by atoms with Gasteiger partial charge in [0.1, 0.15) is 11.5 Å². The molecule has 14 heavy (non-hydrogen) atoms. The van der Waals surface area contributed by atoms with Crippen molar-refractivity contribution in [3.63, 3.8) is 0 Å². The van der Waals surface area contributed by atoms with Crippen LogP contribution in [0.4, 0.5) is 4.39 Å². The van der Waals surface area contributed by atoms with Crippen LogP contribution in [-0.2, 0) is 0 Å². The van der Waals surface area contributed by atoms with Crippen LogP contribution >= 0.6 is 0 Å². The lowest BCUT2D eigenvalue weighted by atomic mass is 10.2. The van der Waals surface area contributed by atoms with Gasteiger partial charge in [0.2, 0.25) is 0 Å². The van der Waals surface area contributed by atoms with Crippen LogP contribution in [0.1, 0.15) is 10.5 Å². The zero-order valence-electron chi connectivity index (χ0n) is 7.60. The monoisotopic (exact) mass is 192 g/mol. The molecule has 0 unspecified atom stereocenters. The molecule has 2 rings (SSSR count). The zero-order valence-corrected chi connectivity index (χ0v) is 7.60. The summed E-state index contributed by atoms with van der Waals surface area (Å²) in [5.41, 5.74) is 0.996. The highest BCUT2D eigenvalue weighted by molar-refractivity contribution is 5.97. The second-order valence-corrected chi connectivity index (χ2v) is 2.96. The van der Waals surface area contributed by atoms with Gasteiger partial charge in [0.05, 0.1) is 0 Å². The molecule has 0 bridgehead atoms. The molecule has 2 aromatic rings. The third-order valence-electron chi connectivity index (χ3n) is 2.08. The van der Waals surface area contributed by atoms with Gasteiger partial charge in [0, 0.05) is 18.0 Å². The maximum absolute atomic E-state index is 13.2. The van der Waals surface area contributed by atoms with E-state index in [1.54, 1.807) is 12.1 Å². The summed E-state index contributed by atoms with van der Waals surface area (Å²) in [5, 5.41) is 2.91. The summed E-state index contributed by atoms with van der Waals surface area (Å²) in [7, 11) is 1.53. The second-order valence-electron chi connectivity index (χ2n) is 2.96. The number of nitrogens with one attached hydrogen (secondary N) is 2. The summed E-state index contributed by atoms with van der Waals surface area (Å²) in [6, 6.07) is 6.19. The van der Waals surface area contributed by atoms with Crippen LogP contribution in [0.3, 0.4) is 0 Å². The molecular weight excluding hydrogens is 183 g/mol. The minimum atomic E-state index is -0.325. The van der Waals surface area contributed by atoms with Crippen LogP contribution in [0.2, 0.25) is 0 Å². The number of aromatic nitrogens is 1. The van der Waals surface area contributed by atoms with Gasteiger partial charge >= 0.3 is 0 Å². The second kappa shape index (κ2) is 3.14. The van der Waals surface area contributed by atoms with E-state index in [4.69, 9.17) is 0 Å². The predicted molar refractivity (Wildman–Crippen MR) is 51.6 cm³/mol. The Labute approximate surface area is 79.9 Å². The average Bonchev–Trinajstić information content (AvgIpc) is 2.62. The number of rotatable bonds is 1. The minimum Gasteiger partial charge on any atom is -0.354 e. The summed E-state index contributed by atoms with van der Waals surface area (Å²) >= 11 is 0. The molecule has 72 valence electrons. The Bertz CT molecular complexity index is 490.